The second-order valence-corrected chi connectivity index (χ2v) is 4.04. The zero-order valence-corrected chi connectivity index (χ0v) is 7.81. The Hall–Kier alpha value is -0.0200. The quantitative estimate of drug-likeness (QED) is 0.612. The second kappa shape index (κ2) is 3.98. The van der Waals surface area contributed by atoms with Gasteiger partial charge in [-0.25, -0.2) is 0 Å². The van der Waals surface area contributed by atoms with Gasteiger partial charge in [-0.1, -0.05) is 6.08 Å². The lowest BCUT2D eigenvalue weighted by Crippen LogP contribution is -2.07. The summed E-state index contributed by atoms with van der Waals surface area (Å²) in [5.74, 6) is 0. The maximum Gasteiger partial charge on any atom is 0.0632 e. The number of thioether (sulfide) groups is 1. The minimum Gasteiger partial charge on any atom is -0.328 e. The van der Waals surface area contributed by atoms with Gasteiger partial charge in [-0.15, -0.1) is 11.8 Å². The second-order valence-electron chi connectivity index (χ2n) is 2.03. The lowest BCUT2D eigenvalue weighted by molar-refractivity contribution is 1.20. The van der Waals surface area contributed by atoms with Crippen molar-refractivity contribution >= 4 is 23.7 Å². The van der Waals surface area contributed by atoms with Crippen LogP contribution in [0.25, 0.3) is 0 Å². The van der Waals surface area contributed by atoms with Crippen molar-refractivity contribution < 1.29 is 0 Å². The van der Waals surface area contributed by atoms with Crippen LogP contribution >= 0.6 is 23.7 Å². The number of allylic oxidation sites excluding steroid dienone is 2. The van der Waals surface area contributed by atoms with Gasteiger partial charge in [0.2, 0.25) is 0 Å². The summed E-state index contributed by atoms with van der Waals surface area (Å²) in [5.41, 5.74) is 2.57. The molecule has 0 saturated carbocycles. The van der Waals surface area contributed by atoms with Crippen molar-refractivity contribution in [1.29, 1.82) is 0 Å². The summed E-state index contributed by atoms with van der Waals surface area (Å²) >= 11 is 3.59. The molecule has 0 atom stereocenters. The highest BCUT2D eigenvalue weighted by Gasteiger charge is 2.02. The van der Waals surface area contributed by atoms with Crippen LogP contribution in [0.2, 0.25) is 0 Å². The summed E-state index contributed by atoms with van der Waals surface area (Å²) in [6.07, 6.45) is 2.12. The highest BCUT2D eigenvalue weighted by Crippen LogP contribution is 2.23. The first kappa shape index (κ1) is 8.08. The molecule has 0 aliphatic carbocycles. The standard InChI is InChI=1S/C7H11NS2/c1-3-6(2)7-4-9-5-10-8-7/h3-4,8H,5H2,1-2H3/b6-3+. The van der Waals surface area contributed by atoms with E-state index in [2.05, 4.69) is 30.1 Å². The van der Waals surface area contributed by atoms with E-state index >= 15 is 0 Å². The molecule has 1 rings (SSSR count). The van der Waals surface area contributed by atoms with Gasteiger partial charge in [0.1, 0.15) is 0 Å². The van der Waals surface area contributed by atoms with Crippen molar-refractivity contribution in [1.82, 2.24) is 4.72 Å². The van der Waals surface area contributed by atoms with Gasteiger partial charge in [0.05, 0.1) is 10.8 Å². The van der Waals surface area contributed by atoms with Gasteiger partial charge in [-0.3, -0.25) is 0 Å². The molecule has 0 aromatic heterocycles. The van der Waals surface area contributed by atoms with Crippen LogP contribution in [0, 0.1) is 0 Å². The molecule has 1 N–H and O–H groups in total. The SMILES string of the molecule is C/C=C(\C)C1=CSCSN1. The largest absolute Gasteiger partial charge is 0.328 e. The molecular formula is C7H11NS2. The topological polar surface area (TPSA) is 12.0 Å². The van der Waals surface area contributed by atoms with Crippen LogP contribution in [0.15, 0.2) is 22.8 Å². The molecule has 0 fully saturated rings. The van der Waals surface area contributed by atoms with Crippen molar-refractivity contribution in [2.24, 2.45) is 0 Å². The number of hydrogen-bond acceptors (Lipinski definition) is 3. The monoisotopic (exact) mass is 173 g/mol. The van der Waals surface area contributed by atoms with Crippen LogP contribution in [0.5, 0.6) is 0 Å². The minimum absolute atomic E-state index is 1.11. The van der Waals surface area contributed by atoms with E-state index in [-0.39, 0.29) is 0 Å². The summed E-state index contributed by atoms with van der Waals surface area (Å²) in [4.78, 5) is 0. The lowest BCUT2D eigenvalue weighted by Gasteiger charge is -2.13. The van der Waals surface area contributed by atoms with Gasteiger partial charge in [0.25, 0.3) is 0 Å². The highest BCUT2D eigenvalue weighted by molar-refractivity contribution is 8.17. The number of hydrogen-bond donors (Lipinski definition) is 1. The normalized spacial score (nSPS) is 19.8. The third-order valence-electron chi connectivity index (χ3n) is 1.37. The van der Waals surface area contributed by atoms with E-state index in [1.54, 1.807) is 11.9 Å². The summed E-state index contributed by atoms with van der Waals surface area (Å²) < 4.78 is 3.26. The number of rotatable bonds is 1. The fraction of sp³-hybridized carbons (Fsp3) is 0.429. The Morgan fingerprint density at radius 3 is 3.10 bits per heavy atom. The predicted molar refractivity (Wildman–Crippen MR) is 50.7 cm³/mol. The van der Waals surface area contributed by atoms with E-state index in [1.807, 2.05) is 11.8 Å². The molecule has 10 heavy (non-hydrogen) atoms. The zero-order valence-electron chi connectivity index (χ0n) is 6.18. The van der Waals surface area contributed by atoms with E-state index in [0.29, 0.717) is 0 Å². The number of nitrogens with one attached hydrogen (secondary N) is 1. The Balaban J connectivity index is 2.62. The molecule has 1 nitrogen and oxygen atoms in total. The molecule has 0 radical (unpaired) electrons. The summed E-state index contributed by atoms with van der Waals surface area (Å²) in [5, 5.41) is 3.28. The maximum absolute atomic E-state index is 3.26. The molecule has 56 valence electrons. The summed E-state index contributed by atoms with van der Waals surface area (Å²) in [6, 6.07) is 0. The lowest BCUT2D eigenvalue weighted by atomic mass is 10.2. The smallest absolute Gasteiger partial charge is 0.0632 e. The first-order valence-electron chi connectivity index (χ1n) is 3.17. The minimum atomic E-state index is 1.11. The molecule has 0 amide bonds. The predicted octanol–water partition coefficient (Wildman–Crippen LogP) is 2.74. The zero-order chi connectivity index (χ0) is 7.40. The first-order chi connectivity index (χ1) is 4.84. The first-order valence-corrected chi connectivity index (χ1v) is 5.21. The van der Waals surface area contributed by atoms with Gasteiger partial charge >= 0.3 is 0 Å². The Morgan fingerprint density at radius 1 is 1.80 bits per heavy atom. The van der Waals surface area contributed by atoms with Crippen molar-refractivity contribution in [2.75, 3.05) is 5.08 Å². The van der Waals surface area contributed by atoms with E-state index in [9.17, 15) is 0 Å². The van der Waals surface area contributed by atoms with E-state index in [4.69, 9.17) is 0 Å². The molecule has 0 aromatic carbocycles. The molecular weight excluding hydrogens is 162 g/mol. The fourth-order valence-corrected chi connectivity index (χ4v) is 2.25. The summed E-state index contributed by atoms with van der Waals surface area (Å²) in [7, 11) is 0. The molecule has 0 saturated heterocycles. The molecule has 3 heteroatoms. The van der Waals surface area contributed by atoms with Crippen molar-refractivity contribution in [3.8, 4) is 0 Å². The van der Waals surface area contributed by atoms with Crippen LogP contribution in [0.3, 0.4) is 0 Å². The fourth-order valence-electron chi connectivity index (χ4n) is 0.612. The Labute approximate surface area is 70.5 Å². The van der Waals surface area contributed by atoms with Gasteiger partial charge in [0.15, 0.2) is 0 Å². The van der Waals surface area contributed by atoms with Gasteiger partial charge in [-0.2, -0.15) is 0 Å². The van der Waals surface area contributed by atoms with Gasteiger partial charge in [-0.05, 0) is 36.8 Å². The molecule has 1 aliphatic rings. The van der Waals surface area contributed by atoms with Crippen molar-refractivity contribution in [2.45, 2.75) is 13.8 Å². The molecule has 0 aromatic rings. The average Bonchev–Trinajstić information content (AvgIpc) is 2.05. The van der Waals surface area contributed by atoms with Crippen molar-refractivity contribution in [3.05, 3.63) is 22.8 Å². The average molecular weight is 173 g/mol. The Morgan fingerprint density at radius 2 is 2.60 bits per heavy atom. The van der Waals surface area contributed by atoms with Crippen LogP contribution in [0.1, 0.15) is 13.8 Å². The highest BCUT2D eigenvalue weighted by atomic mass is 32.2. The van der Waals surface area contributed by atoms with Crippen LogP contribution in [-0.4, -0.2) is 5.08 Å². The van der Waals surface area contributed by atoms with E-state index in [1.165, 1.54) is 11.3 Å². The molecule has 1 aliphatic heterocycles. The summed E-state index contributed by atoms with van der Waals surface area (Å²) in [6.45, 7) is 4.17. The maximum atomic E-state index is 3.26. The van der Waals surface area contributed by atoms with Crippen LogP contribution in [0.4, 0.5) is 0 Å². The van der Waals surface area contributed by atoms with E-state index < -0.39 is 0 Å². The van der Waals surface area contributed by atoms with Gasteiger partial charge < -0.3 is 4.72 Å². The third-order valence-corrected chi connectivity index (χ3v) is 3.15. The Bertz CT molecular complexity index is 172. The van der Waals surface area contributed by atoms with Crippen LogP contribution < -0.4 is 4.72 Å². The molecule has 0 bridgehead atoms. The third kappa shape index (κ3) is 1.99. The van der Waals surface area contributed by atoms with Gasteiger partial charge in [0, 0.05) is 0 Å². The Kier molecular flexibility index (Phi) is 3.22. The molecule has 0 unspecified atom stereocenters. The van der Waals surface area contributed by atoms with Crippen molar-refractivity contribution in [3.63, 3.8) is 0 Å². The molecule has 1 heterocycles. The van der Waals surface area contributed by atoms with E-state index in [0.717, 1.165) is 5.08 Å². The van der Waals surface area contributed by atoms with Crippen LogP contribution in [-0.2, 0) is 0 Å². The molecule has 0 spiro atoms.